The van der Waals surface area contributed by atoms with E-state index in [-0.39, 0.29) is 0 Å². The van der Waals surface area contributed by atoms with E-state index in [0.717, 1.165) is 6.04 Å². The van der Waals surface area contributed by atoms with E-state index >= 15 is 0 Å². The van der Waals surface area contributed by atoms with Gasteiger partial charge < -0.3 is 10.4 Å². The van der Waals surface area contributed by atoms with E-state index in [1.54, 1.807) is 0 Å². The van der Waals surface area contributed by atoms with Crippen LogP contribution in [-0.4, -0.2) is 23.8 Å². The Kier molecular flexibility index (Phi) is 4.48. The van der Waals surface area contributed by atoms with Crippen molar-refractivity contribution in [3.8, 4) is 0 Å². The molecule has 0 bridgehead atoms. The molecule has 3 atom stereocenters. The van der Waals surface area contributed by atoms with Crippen molar-refractivity contribution < 1.29 is 5.11 Å². The highest BCUT2D eigenvalue weighted by Crippen LogP contribution is 2.48. The van der Waals surface area contributed by atoms with Crippen LogP contribution in [0.25, 0.3) is 0 Å². The number of nitrogens with one attached hydrogen (secondary N) is 1. The molecule has 0 aromatic heterocycles. The van der Waals surface area contributed by atoms with Crippen molar-refractivity contribution in [2.45, 2.75) is 89.1 Å². The third-order valence-electron chi connectivity index (χ3n) is 6.31. The predicted octanol–water partition coefficient (Wildman–Crippen LogP) is 3.63. The molecule has 3 fully saturated rings. The summed E-state index contributed by atoms with van der Waals surface area (Å²) >= 11 is 0. The highest BCUT2D eigenvalue weighted by molar-refractivity contribution is 4.98. The monoisotopic (exact) mass is 265 g/mol. The van der Waals surface area contributed by atoms with E-state index in [0.29, 0.717) is 24.0 Å². The lowest BCUT2D eigenvalue weighted by atomic mass is 9.62. The van der Waals surface area contributed by atoms with E-state index in [9.17, 15) is 5.11 Å². The lowest BCUT2D eigenvalue weighted by Crippen LogP contribution is -2.53. The number of rotatable bonds is 3. The third kappa shape index (κ3) is 2.85. The smallest absolute Gasteiger partial charge is 0.0474 e. The van der Waals surface area contributed by atoms with Crippen molar-refractivity contribution in [3.63, 3.8) is 0 Å². The zero-order valence-corrected chi connectivity index (χ0v) is 12.4. The van der Waals surface area contributed by atoms with Crippen LogP contribution in [0.5, 0.6) is 0 Å². The lowest BCUT2D eigenvalue weighted by molar-refractivity contribution is 0.0603. The Labute approximate surface area is 118 Å². The predicted molar refractivity (Wildman–Crippen MR) is 79.1 cm³/mol. The summed E-state index contributed by atoms with van der Waals surface area (Å²) in [6.45, 7) is 0.386. The van der Waals surface area contributed by atoms with Gasteiger partial charge in [0.15, 0.2) is 0 Å². The molecule has 0 saturated heterocycles. The zero-order valence-electron chi connectivity index (χ0n) is 12.4. The SMILES string of the molecule is OC[C@@H]1CCC[C@H]1N[C@@H]1CCCCC12CCCCC2. The van der Waals surface area contributed by atoms with E-state index in [4.69, 9.17) is 0 Å². The van der Waals surface area contributed by atoms with Crippen LogP contribution in [0.15, 0.2) is 0 Å². The zero-order chi connectivity index (χ0) is 13.1. The first-order valence-electron chi connectivity index (χ1n) is 8.71. The van der Waals surface area contributed by atoms with Crippen molar-refractivity contribution >= 4 is 0 Å². The standard InChI is InChI=1S/C17H31NO/c19-13-14-7-6-8-15(14)18-16-9-2-5-12-17(16)10-3-1-4-11-17/h14-16,18-19H,1-13H2/t14-,15+,16+/m0/s1. The fourth-order valence-corrected chi connectivity index (χ4v) is 5.15. The number of hydrogen-bond acceptors (Lipinski definition) is 2. The number of hydrogen-bond donors (Lipinski definition) is 2. The Bertz CT molecular complexity index is 277. The molecule has 0 amide bonds. The van der Waals surface area contributed by atoms with Gasteiger partial charge in [0.1, 0.15) is 0 Å². The Balaban J connectivity index is 1.66. The van der Waals surface area contributed by atoms with Gasteiger partial charge >= 0.3 is 0 Å². The van der Waals surface area contributed by atoms with E-state index in [2.05, 4.69) is 5.32 Å². The molecule has 3 aliphatic carbocycles. The molecule has 2 heteroatoms. The average molecular weight is 265 g/mol. The molecule has 110 valence electrons. The van der Waals surface area contributed by atoms with Crippen LogP contribution in [0.4, 0.5) is 0 Å². The molecule has 19 heavy (non-hydrogen) atoms. The van der Waals surface area contributed by atoms with Gasteiger partial charge in [-0.3, -0.25) is 0 Å². The number of aliphatic hydroxyl groups is 1. The quantitative estimate of drug-likeness (QED) is 0.816. The molecular weight excluding hydrogens is 234 g/mol. The number of aliphatic hydroxyl groups excluding tert-OH is 1. The molecule has 2 N–H and O–H groups in total. The second-order valence-corrected chi connectivity index (χ2v) is 7.37. The molecule has 0 aliphatic heterocycles. The normalized spacial score (nSPS) is 38.7. The minimum atomic E-state index is 0.386. The molecule has 0 heterocycles. The van der Waals surface area contributed by atoms with Crippen molar-refractivity contribution in [2.24, 2.45) is 11.3 Å². The first-order chi connectivity index (χ1) is 9.34. The molecule has 0 unspecified atom stereocenters. The Morgan fingerprint density at radius 3 is 2.32 bits per heavy atom. The Morgan fingerprint density at radius 1 is 0.842 bits per heavy atom. The van der Waals surface area contributed by atoms with Gasteiger partial charge in [-0.15, -0.1) is 0 Å². The summed E-state index contributed by atoms with van der Waals surface area (Å²) < 4.78 is 0. The molecule has 3 saturated carbocycles. The molecule has 0 aromatic carbocycles. The van der Waals surface area contributed by atoms with Crippen LogP contribution in [0.2, 0.25) is 0 Å². The maximum absolute atomic E-state index is 9.53. The van der Waals surface area contributed by atoms with E-state index in [1.165, 1.54) is 77.0 Å². The summed E-state index contributed by atoms with van der Waals surface area (Å²) in [5.41, 5.74) is 0.624. The van der Waals surface area contributed by atoms with Gasteiger partial charge in [0.2, 0.25) is 0 Å². The largest absolute Gasteiger partial charge is 0.396 e. The minimum Gasteiger partial charge on any atom is -0.396 e. The summed E-state index contributed by atoms with van der Waals surface area (Å²) in [5.74, 6) is 0.530. The summed E-state index contributed by atoms with van der Waals surface area (Å²) in [6.07, 6.45) is 16.8. The van der Waals surface area contributed by atoms with E-state index < -0.39 is 0 Å². The second kappa shape index (κ2) is 6.13. The van der Waals surface area contributed by atoms with E-state index in [1.807, 2.05) is 0 Å². The molecule has 3 rings (SSSR count). The fourth-order valence-electron chi connectivity index (χ4n) is 5.15. The minimum absolute atomic E-state index is 0.386. The van der Waals surface area contributed by atoms with Crippen molar-refractivity contribution in [3.05, 3.63) is 0 Å². The van der Waals surface area contributed by atoms with Crippen LogP contribution in [0, 0.1) is 11.3 Å². The van der Waals surface area contributed by atoms with Gasteiger partial charge in [-0.25, -0.2) is 0 Å². The van der Waals surface area contributed by atoms with Gasteiger partial charge in [-0.2, -0.15) is 0 Å². The highest BCUT2D eigenvalue weighted by Gasteiger charge is 2.42. The second-order valence-electron chi connectivity index (χ2n) is 7.37. The van der Waals surface area contributed by atoms with Crippen molar-refractivity contribution in [1.82, 2.24) is 5.32 Å². The van der Waals surface area contributed by atoms with Crippen LogP contribution in [0.1, 0.15) is 77.0 Å². The van der Waals surface area contributed by atoms with Crippen LogP contribution in [0.3, 0.4) is 0 Å². The fraction of sp³-hybridized carbons (Fsp3) is 1.00. The van der Waals surface area contributed by atoms with Gasteiger partial charge in [0.05, 0.1) is 0 Å². The molecule has 0 radical (unpaired) electrons. The summed E-state index contributed by atoms with van der Waals surface area (Å²) in [5, 5.41) is 13.5. The van der Waals surface area contributed by atoms with Crippen molar-refractivity contribution in [1.29, 1.82) is 0 Å². The Hall–Kier alpha value is -0.0800. The van der Waals surface area contributed by atoms with Crippen LogP contribution >= 0.6 is 0 Å². The first kappa shape index (κ1) is 13.9. The maximum atomic E-state index is 9.53. The van der Waals surface area contributed by atoms with Gasteiger partial charge in [-0.05, 0) is 49.9 Å². The average Bonchev–Trinajstić information content (AvgIpc) is 2.90. The molecule has 3 aliphatic rings. The first-order valence-corrected chi connectivity index (χ1v) is 8.71. The lowest BCUT2D eigenvalue weighted by Gasteiger charge is -2.48. The summed E-state index contributed by atoms with van der Waals surface area (Å²) in [4.78, 5) is 0. The summed E-state index contributed by atoms with van der Waals surface area (Å²) in [7, 11) is 0. The topological polar surface area (TPSA) is 32.3 Å². The van der Waals surface area contributed by atoms with Gasteiger partial charge in [0.25, 0.3) is 0 Å². The molecule has 2 nitrogen and oxygen atoms in total. The van der Waals surface area contributed by atoms with Crippen molar-refractivity contribution in [2.75, 3.05) is 6.61 Å². The van der Waals surface area contributed by atoms with Gasteiger partial charge in [-0.1, -0.05) is 38.5 Å². The Morgan fingerprint density at radius 2 is 1.58 bits per heavy atom. The maximum Gasteiger partial charge on any atom is 0.0474 e. The van der Waals surface area contributed by atoms with Crippen LogP contribution in [-0.2, 0) is 0 Å². The van der Waals surface area contributed by atoms with Gasteiger partial charge in [0, 0.05) is 18.7 Å². The third-order valence-corrected chi connectivity index (χ3v) is 6.31. The van der Waals surface area contributed by atoms with Crippen LogP contribution < -0.4 is 5.32 Å². The molecule has 0 aromatic rings. The molecular formula is C17H31NO. The molecule has 1 spiro atoms. The summed E-state index contributed by atoms with van der Waals surface area (Å²) in [6, 6.07) is 1.35. The highest BCUT2D eigenvalue weighted by atomic mass is 16.3.